The fourth-order valence-corrected chi connectivity index (χ4v) is 1.38. The van der Waals surface area contributed by atoms with Crippen molar-refractivity contribution in [2.45, 2.75) is 18.6 Å². The van der Waals surface area contributed by atoms with Crippen molar-refractivity contribution in [3.8, 4) is 0 Å². The highest BCUT2D eigenvalue weighted by atomic mass is 19.4. The van der Waals surface area contributed by atoms with Crippen LogP contribution in [0.15, 0.2) is 41.9 Å². The molecule has 17 heavy (non-hydrogen) atoms. The molecule has 0 spiro atoms. The molecule has 0 bridgehead atoms. The van der Waals surface area contributed by atoms with Crippen molar-refractivity contribution in [2.24, 2.45) is 4.99 Å². The van der Waals surface area contributed by atoms with Crippen LogP contribution >= 0.6 is 0 Å². The van der Waals surface area contributed by atoms with E-state index in [0.29, 0.717) is 12.0 Å². The highest BCUT2D eigenvalue weighted by Gasteiger charge is 2.30. The summed E-state index contributed by atoms with van der Waals surface area (Å²) in [5, 5.41) is 0. The number of halogens is 3. The van der Waals surface area contributed by atoms with E-state index < -0.39 is 17.8 Å². The molecular formula is C12H10F3NO. The lowest BCUT2D eigenvalue weighted by molar-refractivity contribution is -0.137. The smallest absolute Gasteiger partial charge is 0.211 e. The lowest BCUT2D eigenvalue weighted by atomic mass is 10.0. The van der Waals surface area contributed by atoms with Crippen LogP contribution in [0, 0.1) is 0 Å². The first kappa shape index (κ1) is 13.2. The summed E-state index contributed by atoms with van der Waals surface area (Å²) in [5.41, 5.74) is -0.199. The quantitative estimate of drug-likeness (QED) is 0.449. The maximum Gasteiger partial charge on any atom is 0.416 e. The molecule has 0 unspecified atom stereocenters. The van der Waals surface area contributed by atoms with Crippen molar-refractivity contribution < 1.29 is 18.0 Å². The summed E-state index contributed by atoms with van der Waals surface area (Å²) in [6, 6.07) is 4.01. The molecular weight excluding hydrogens is 231 g/mol. The number of hydrogen-bond donors (Lipinski definition) is 0. The molecule has 0 fully saturated rings. The lowest BCUT2D eigenvalue weighted by Crippen LogP contribution is -2.05. The summed E-state index contributed by atoms with van der Waals surface area (Å²) in [7, 11) is 0. The second kappa shape index (κ2) is 5.46. The molecule has 90 valence electrons. The van der Waals surface area contributed by atoms with Gasteiger partial charge in [-0.3, -0.25) is 0 Å². The van der Waals surface area contributed by atoms with E-state index in [9.17, 15) is 18.0 Å². The number of alkyl halides is 3. The maximum atomic E-state index is 12.3. The van der Waals surface area contributed by atoms with E-state index in [2.05, 4.69) is 11.6 Å². The van der Waals surface area contributed by atoms with E-state index in [4.69, 9.17) is 0 Å². The largest absolute Gasteiger partial charge is 0.416 e. The van der Waals surface area contributed by atoms with Gasteiger partial charge in [-0.25, -0.2) is 4.79 Å². The van der Waals surface area contributed by atoms with E-state index in [0.717, 1.165) is 12.1 Å². The Balaban J connectivity index is 2.99. The van der Waals surface area contributed by atoms with Crippen LogP contribution in [0.5, 0.6) is 0 Å². The summed E-state index contributed by atoms with van der Waals surface area (Å²) in [6.07, 6.45) is -1.04. The minimum Gasteiger partial charge on any atom is -0.211 e. The number of hydrogen-bond acceptors (Lipinski definition) is 2. The molecule has 0 aromatic heterocycles. The fraction of sp³-hybridized carbons (Fsp3) is 0.250. The van der Waals surface area contributed by atoms with Gasteiger partial charge in [0.25, 0.3) is 0 Å². The molecule has 2 nitrogen and oxygen atoms in total. The van der Waals surface area contributed by atoms with E-state index in [1.54, 1.807) is 6.08 Å². The van der Waals surface area contributed by atoms with E-state index in [1.807, 2.05) is 0 Å². The van der Waals surface area contributed by atoms with Gasteiger partial charge in [-0.15, -0.1) is 6.58 Å². The van der Waals surface area contributed by atoms with Crippen LogP contribution in [0.3, 0.4) is 0 Å². The average molecular weight is 241 g/mol. The third-order valence-corrected chi connectivity index (χ3v) is 2.22. The lowest BCUT2D eigenvalue weighted by Gasteiger charge is -2.11. The standard InChI is InChI=1S/C12H10F3NO/c1-2-3-11(16-8-17)9-4-6-10(7-5-9)12(13,14)15/h2,4-7,11H,1,3H2/t11-/m1/s1. The Morgan fingerprint density at radius 2 is 1.94 bits per heavy atom. The van der Waals surface area contributed by atoms with Crippen LogP contribution in [0.25, 0.3) is 0 Å². The van der Waals surface area contributed by atoms with Gasteiger partial charge in [-0.05, 0) is 24.1 Å². The normalized spacial score (nSPS) is 12.6. The van der Waals surface area contributed by atoms with Gasteiger partial charge >= 0.3 is 6.18 Å². The van der Waals surface area contributed by atoms with E-state index >= 15 is 0 Å². The summed E-state index contributed by atoms with van der Waals surface area (Å²) in [5.74, 6) is 0. The molecule has 0 N–H and O–H groups in total. The molecule has 0 saturated carbocycles. The predicted octanol–water partition coefficient (Wildman–Crippen LogP) is 3.66. The molecule has 0 heterocycles. The second-order valence-electron chi connectivity index (χ2n) is 3.38. The maximum absolute atomic E-state index is 12.3. The number of carbonyl (C=O) groups excluding carboxylic acids is 1. The number of isocyanates is 1. The average Bonchev–Trinajstić information content (AvgIpc) is 2.28. The van der Waals surface area contributed by atoms with Crippen LogP contribution in [0.2, 0.25) is 0 Å². The summed E-state index contributed by atoms with van der Waals surface area (Å²) < 4.78 is 36.9. The zero-order valence-electron chi connectivity index (χ0n) is 8.87. The first-order valence-electron chi connectivity index (χ1n) is 4.84. The Morgan fingerprint density at radius 1 is 1.35 bits per heavy atom. The molecule has 0 aliphatic rings. The second-order valence-corrected chi connectivity index (χ2v) is 3.38. The predicted molar refractivity (Wildman–Crippen MR) is 57.1 cm³/mol. The SMILES string of the molecule is C=CC[C@@H](N=C=O)c1ccc(C(F)(F)F)cc1. The zero-order chi connectivity index (χ0) is 12.9. The van der Waals surface area contributed by atoms with Gasteiger partial charge in [-0.2, -0.15) is 18.2 Å². The molecule has 0 radical (unpaired) electrons. The zero-order valence-corrected chi connectivity index (χ0v) is 8.87. The first-order chi connectivity index (χ1) is 7.99. The molecule has 0 aliphatic carbocycles. The monoisotopic (exact) mass is 241 g/mol. The number of aliphatic imine (C=N–C) groups is 1. The molecule has 0 amide bonds. The van der Waals surface area contributed by atoms with Gasteiger partial charge < -0.3 is 0 Å². The summed E-state index contributed by atoms with van der Waals surface area (Å²) in [6.45, 7) is 3.50. The van der Waals surface area contributed by atoms with E-state index in [-0.39, 0.29) is 0 Å². The Kier molecular flexibility index (Phi) is 4.24. The minimum atomic E-state index is -4.36. The van der Waals surface area contributed by atoms with Gasteiger partial charge in [0.05, 0.1) is 11.6 Å². The first-order valence-corrected chi connectivity index (χ1v) is 4.84. The van der Waals surface area contributed by atoms with Crippen LogP contribution in [-0.2, 0) is 11.0 Å². The molecule has 1 atom stereocenters. The van der Waals surface area contributed by atoms with E-state index in [1.165, 1.54) is 18.2 Å². The molecule has 1 aromatic carbocycles. The Hall–Kier alpha value is -1.87. The van der Waals surface area contributed by atoms with Crippen molar-refractivity contribution >= 4 is 6.08 Å². The highest BCUT2D eigenvalue weighted by Crippen LogP contribution is 2.30. The number of nitrogens with zero attached hydrogens (tertiary/aromatic N) is 1. The van der Waals surface area contributed by atoms with Crippen molar-refractivity contribution in [1.29, 1.82) is 0 Å². The van der Waals surface area contributed by atoms with Gasteiger partial charge in [0.2, 0.25) is 6.08 Å². The third kappa shape index (κ3) is 3.57. The topological polar surface area (TPSA) is 29.4 Å². The minimum absolute atomic E-state index is 0.376. The third-order valence-electron chi connectivity index (χ3n) is 2.22. The molecule has 5 heteroatoms. The van der Waals surface area contributed by atoms with Crippen LogP contribution < -0.4 is 0 Å². The van der Waals surface area contributed by atoms with Gasteiger partial charge in [0.1, 0.15) is 0 Å². The van der Waals surface area contributed by atoms with Gasteiger partial charge in [0, 0.05) is 0 Å². The number of benzene rings is 1. The van der Waals surface area contributed by atoms with Crippen molar-refractivity contribution in [3.63, 3.8) is 0 Å². The van der Waals surface area contributed by atoms with Gasteiger partial charge in [0.15, 0.2) is 0 Å². The fourth-order valence-electron chi connectivity index (χ4n) is 1.38. The van der Waals surface area contributed by atoms with Crippen LogP contribution in [0.4, 0.5) is 13.2 Å². The highest BCUT2D eigenvalue weighted by molar-refractivity contribution is 5.36. The molecule has 0 aliphatic heterocycles. The van der Waals surface area contributed by atoms with Gasteiger partial charge in [-0.1, -0.05) is 18.2 Å². The Labute approximate surface area is 96.5 Å². The van der Waals surface area contributed by atoms with Crippen molar-refractivity contribution in [3.05, 3.63) is 48.0 Å². The molecule has 0 saturated heterocycles. The molecule has 1 rings (SSSR count). The van der Waals surface area contributed by atoms with Crippen LogP contribution in [-0.4, -0.2) is 6.08 Å². The summed E-state index contributed by atoms with van der Waals surface area (Å²) in [4.78, 5) is 13.7. The van der Waals surface area contributed by atoms with Crippen LogP contribution in [0.1, 0.15) is 23.6 Å². The van der Waals surface area contributed by atoms with Crippen molar-refractivity contribution in [1.82, 2.24) is 0 Å². The number of rotatable bonds is 4. The van der Waals surface area contributed by atoms with Crippen molar-refractivity contribution in [2.75, 3.05) is 0 Å². The summed E-state index contributed by atoms with van der Waals surface area (Å²) >= 11 is 0. The Bertz CT molecular complexity index is 430. The Morgan fingerprint density at radius 3 is 2.35 bits per heavy atom. The molecule has 1 aromatic rings.